The summed E-state index contributed by atoms with van der Waals surface area (Å²) in [5, 5.41) is 13.5. The summed E-state index contributed by atoms with van der Waals surface area (Å²) in [7, 11) is 0. The van der Waals surface area contributed by atoms with Gasteiger partial charge in [-0.25, -0.2) is 4.98 Å². The van der Waals surface area contributed by atoms with Gasteiger partial charge in [0.15, 0.2) is 0 Å². The Hall–Kier alpha value is -2.28. The first-order valence-electron chi connectivity index (χ1n) is 6.12. The minimum absolute atomic E-state index is 0.0624. The fourth-order valence-electron chi connectivity index (χ4n) is 1.81. The molecule has 0 bridgehead atoms. The lowest BCUT2D eigenvalue weighted by Crippen LogP contribution is -2.16. The first-order valence-corrected chi connectivity index (χ1v) is 6.92. The highest BCUT2D eigenvalue weighted by Gasteiger charge is 2.15. The van der Waals surface area contributed by atoms with Crippen molar-refractivity contribution in [3.63, 3.8) is 0 Å². The summed E-state index contributed by atoms with van der Waals surface area (Å²) in [5.41, 5.74) is 1.06. The van der Waals surface area contributed by atoms with Gasteiger partial charge in [-0.15, -0.1) is 0 Å². The van der Waals surface area contributed by atoms with E-state index in [4.69, 9.17) is 0 Å². The molecule has 0 radical (unpaired) electrons. The maximum atomic E-state index is 12.0. The second kappa shape index (κ2) is 6.45. The average molecular weight is 350 g/mol. The molecule has 2 rings (SSSR count). The predicted octanol–water partition coefficient (Wildman–Crippen LogP) is 3.24. The predicted molar refractivity (Wildman–Crippen MR) is 82.1 cm³/mol. The molecule has 1 N–H and O–H groups in total. The van der Waals surface area contributed by atoms with Crippen molar-refractivity contribution in [2.45, 2.75) is 13.3 Å². The Morgan fingerprint density at radius 1 is 1.33 bits per heavy atom. The molecule has 2 aromatic rings. The van der Waals surface area contributed by atoms with E-state index in [1.54, 1.807) is 30.3 Å². The van der Waals surface area contributed by atoms with E-state index < -0.39 is 4.92 Å². The summed E-state index contributed by atoms with van der Waals surface area (Å²) in [6.07, 6.45) is -0.0755. The van der Waals surface area contributed by atoms with E-state index in [1.165, 1.54) is 6.07 Å². The molecule has 0 aliphatic carbocycles. The third-order valence-electron chi connectivity index (χ3n) is 2.83. The summed E-state index contributed by atoms with van der Waals surface area (Å²) >= 11 is 3.32. The van der Waals surface area contributed by atoms with Gasteiger partial charge in [0.2, 0.25) is 5.91 Å². The van der Waals surface area contributed by atoms with Crippen LogP contribution >= 0.6 is 15.9 Å². The molecule has 21 heavy (non-hydrogen) atoms. The number of carbonyl (C=O) groups excluding carboxylic acids is 1. The highest BCUT2D eigenvalue weighted by atomic mass is 79.9. The van der Waals surface area contributed by atoms with Crippen molar-refractivity contribution in [3.05, 3.63) is 62.2 Å². The van der Waals surface area contributed by atoms with Crippen molar-refractivity contribution >= 4 is 33.3 Å². The molecule has 0 spiro atoms. The zero-order valence-electron chi connectivity index (χ0n) is 11.2. The van der Waals surface area contributed by atoms with Crippen LogP contribution in [0.15, 0.2) is 40.9 Å². The molecule has 1 heterocycles. The van der Waals surface area contributed by atoms with Gasteiger partial charge in [0.1, 0.15) is 5.82 Å². The van der Waals surface area contributed by atoms with Crippen LogP contribution in [-0.4, -0.2) is 15.8 Å². The number of halogens is 1. The number of rotatable bonds is 4. The second-order valence-electron chi connectivity index (χ2n) is 4.37. The molecule has 1 aromatic heterocycles. The van der Waals surface area contributed by atoms with Gasteiger partial charge in [0, 0.05) is 16.1 Å². The van der Waals surface area contributed by atoms with Gasteiger partial charge in [-0.2, -0.15) is 0 Å². The summed E-state index contributed by atoms with van der Waals surface area (Å²) < 4.78 is 0.846. The van der Waals surface area contributed by atoms with Crippen molar-refractivity contribution in [3.8, 4) is 0 Å². The summed E-state index contributed by atoms with van der Waals surface area (Å²) in [4.78, 5) is 26.6. The summed E-state index contributed by atoms with van der Waals surface area (Å²) in [6.45, 7) is 1.81. The smallest absolute Gasteiger partial charge is 0.273 e. The van der Waals surface area contributed by atoms with E-state index in [-0.39, 0.29) is 18.0 Å². The van der Waals surface area contributed by atoms with Gasteiger partial charge in [-0.3, -0.25) is 14.9 Å². The van der Waals surface area contributed by atoms with Gasteiger partial charge in [0.05, 0.1) is 17.0 Å². The number of nitrogens with zero attached hydrogens (tertiary/aromatic N) is 2. The number of nitro benzene ring substituents is 1. The van der Waals surface area contributed by atoms with Crippen LogP contribution in [0.4, 0.5) is 11.5 Å². The molecule has 0 saturated heterocycles. The van der Waals surface area contributed by atoms with E-state index in [1.807, 2.05) is 6.92 Å². The van der Waals surface area contributed by atoms with Crippen LogP contribution in [0.3, 0.4) is 0 Å². The third-order valence-corrected chi connectivity index (χ3v) is 3.67. The summed E-state index contributed by atoms with van der Waals surface area (Å²) in [6, 6.07) is 9.62. The quantitative estimate of drug-likeness (QED) is 0.678. The van der Waals surface area contributed by atoms with E-state index in [2.05, 4.69) is 26.2 Å². The summed E-state index contributed by atoms with van der Waals surface area (Å²) in [5.74, 6) is 0.0674. The maximum absolute atomic E-state index is 12.0. The molecule has 6 nitrogen and oxygen atoms in total. The molecule has 0 unspecified atom stereocenters. The first-order chi connectivity index (χ1) is 9.97. The fraction of sp³-hybridized carbons (Fsp3) is 0.143. The van der Waals surface area contributed by atoms with Gasteiger partial charge in [0.25, 0.3) is 5.69 Å². The van der Waals surface area contributed by atoms with Crippen LogP contribution in [-0.2, 0) is 11.2 Å². The second-order valence-corrected chi connectivity index (χ2v) is 5.23. The van der Waals surface area contributed by atoms with Crippen LogP contribution in [0.1, 0.15) is 11.3 Å². The number of pyridine rings is 1. The lowest BCUT2D eigenvalue weighted by Gasteiger charge is -2.06. The number of amides is 1. The van der Waals surface area contributed by atoms with Crippen molar-refractivity contribution < 1.29 is 9.72 Å². The zero-order chi connectivity index (χ0) is 15.4. The van der Waals surface area contributed by atoms with Crippen molar-refractivity contribution in [1.29, 1.82) is 0 Å². The van der Waals surface area contributed by atoms with Gasteiger partial charge in [-0.05, 0) is 35.0 Å². The Bertz CT molecular complexity index is 704. The Balaban J connectivity index is 2.12. The molecule has 0 atom stereocenters. The number of aryl methyl sites for hydroxylation is 1. The Labute approximate surface area is 129 Å². The maximum Gasteiger partial charge on any atom is 0.273 e. The van der Waals surface area contributed by atoms with Gasteiger partial charge in [-0.1, -0.05) is 18.2 Å². The number of nitrogens with one attached hydrogen (secondary N) is 1. The van der Waals surface area contributed by atoms with E-state index in [9.17, 15) is 14.9 Å². The molecular weight excluding hydrogens is 338 g/mol. The Kier molecular flexibility index (Phi) is 4.64. The molecule has 0 fully saturated rings. The molecule has 0 saturated carbocycles. The topological polar surface area (TPSA) is 85.1 Å². The van der Waals surface area contributed by atoms with Crippen LogP contribution in [0.5, 0.6) is 0 Å². The molecule has 1 aromatic carbocycles. The minimum Gasteiger partial charge on any atom is -0.310 e. The van der Waals surface area contributed by atoms with Crippen molar-refractivity contribution in [1.82, 2.24) is 4.98 Å². The third kappa shape index (κ3) is 3.85. The molecular formula is C14H12BrN3O3. The number of aromatic nitrogens is 1. The number of hydrogen-bond donors (Lipinski definition) is 1. The zero-order valence-corrected chi connectivity index (χ0v) is 12.8. The van der Waals surface area contributed by atoms with Crippen LogP contribution in [0.2, 0.25) is 0 Å². The normalized spacial score (nSPS) is 10.2. The fourth-order valence-corrected chi connectivity index (χ4v) is 2.03. The highest BCUT2D eigenvalue weighted by Crippen LogP contribution is 2.19. The van der Waals surface area contributed by atoms with E-state index in [0.717, 1.165) is 10.2 Å². The van der Waals surface area contributed by atoms with Gasteiger partial charge < -0.3 is 5.32 Å². The Morgan fingerprint density at radius 2 is 2.05 bits per heavy atom. The standard InChI is InChI=1S/C14H12BrN3O3/c1-9-11(15)6-7-13(16-9)17-14(19)8-10-4-2-3-5-12(10)18(20)21/h2-7H,8H2,1H3,(H,16,17,19). The average Bonchev–Trinajstić information content (AvgIpc) is 2.43. The van der Waals surface area contributed by atoms with Gasteiger partial charge >= 0.3 is 0 Å². The molecule has 0 aliphatic rings. The van der Waals surface area contributed by atoms with Crippen LogP contribution in [0.25, 0.3) is 0 Å². The van der Waals surface area contributed by atoms with Crippen LogP contribution in [0, 0.1) is 17.0 Å². The number of para-hydroxylation sites is 1. The van der Waals surface area contributed by atoms with E-state index >= 15 is 0 Å². The molecule has 7 heteroatoms. The lowest BCUT2D eigenvalue weighted by molar-refractivity contribution is -0.385. The number of anilines is 1. The SMILES string of the molecule is Cc1nc(NC(=O)Cc2ccccc2[N+](=O)[O-])ccc1Br. The van der Waals surface area contributed by atoms with Crippen molar-refractivity contribution in [2.24, 2.45) is 0 Å². The lowest BCUT2D eigenvalue weighted by atomic mass is 10.1. The number of carbonyl (C=O) groups is 1. The minimum atomic E-state index is -0.495. The number of hydrogen-bond acceptors (Lipinski definition) is 4. The van der Waals surface area contributed by atoms with E-state index in [0.29, 0.717) is 11.4 Å². The molecule has 108 valence electrons. The Morgan fingerprint density at radius 3 is 2.71 bits per heavy atom. The monoisotopic (exact) mass is 349 g/mol. The molecule has 0 aliphatic heterocycles. The van der Waals surface area contributed by atoms with Crippen LogP contribution < -0.4 is 5.32 Å². The number of nitro groups is 1. The highest BCUT2D eigenvalue weighted by molar-refractivity contribution is 9.10. The first kappa shape index (κ1) is 15.1. The number of benzene rings is 1. The largest absolute Gasteiger partial charge is 0.310 e. The van der Waals surface area contributed by atoms with Crippen molar-refractivity contribution in [2.75, 3.05) is 5.32 Å². The molecule has 1 amide bonds.